The monoisotopic (exact) mass is 1130 g/mol. The highest BCUT2D eigenvalue weighted by atomic mass is 19.4. The van der Waals surface area contributed by atoms with Gasteiger partial charge in [0.2, 0.25) is 18.1 Å². The Kier molecular flexibility index (Phi) is 15.7. The molecule has 2 nitrogen and oxygen atoms in total. The van der Waals surface area contributed by atoms with Crippen LogP contribution in [0.4, 0.5) is 105 Å². The molecule has 1 aromatic heterocycles. The second-order valence-corrected chi connectivity index (χ2v) is 17.5. The lowest BCUT2D eigenvalue weighted by molar-refractivity contribution is -0.874. The van der Waals surface area contributed by atoms with Crippen LogP contribution in [0.25, 0.3) is 10.8 Å². The van der Waals surface area contributed by atoms with Crippen molar-refractivity contribution in [3.8, 4) is 5.75 Å². The largest absolute Gasteiger partial charge is 0.416 e. The van der Waals surface area contributed by atoms with Crippen LogP contribution in [0.15, 0.2) is 140 Å². The molecule has 412 valence electrons. The maximum Gasteiger partial charge on any atom is 0.416 e. The van der Waals surface area contributed by atoms with Gasteiger partial charge in [0.25, 0.3) is 0 Å². The van der Waals surface area contributed by atoms with Crippen LogP contribution in [0, 0.1) is 0 Å². The summed E-state index contributed by atoms with van der Waals surface area (Å²) in [6.07, 6.45) is -50.9. The van der Waals surface area contributed by atoms with Crippen LogP contribution in [-0.2, 0) is 49.4 Å². The number of fused-ring (bicyclic) bond motifs is 1. The molecule has 0 atom stereocenters. The van der Waals surface area contributed by atoms with Gasteiger partial charge in [-0.15, -0.1) is 0 Å². The molecular formula is C50H30BF24NO. The fourth-order valence-corrected chi connectivity index (χ4v) is 8.28. The Morgan fingerprint density at radius 3 is 0.844 bits per heavy atom. The highest BCUT2D eigenvalue weighted by molar-refractivity contribution is 7.20. The molecule has 0 spiro atoms. The van der Waals surface area contributed by atoms with Crippen molar-refractivity contribution in [3.05, 3.63) is 190 Å². The van der Waals surface area contributed by atoms with Gasteiger partial charge in [-0.2, -0.15) is 127 Å². The molecule has 0 N–H and O–H groups in total. The molecule has 0 amide bonds. The lowest BCUT2D eigenvalue weighted by Gasteiger charge is -2.46. The van der Waals surface area contributed by atoms with E-state index in [9.17, 15) is 105 Å². The van der Waals surface area contributed by atoms with Crippen LogP contribution in [0.2, 0.25) is 0 Å². The van der Waals surface area contributed by atoms with Crippen LogP contribution >= 0.6 is 0 Å². The van der Waals surface area contributed by atoms with Crippen molar-refractivity contribution in [3.63, 3.8) is 0 Å². The van der Waals surface area contributed by atoms with Gasteiger partial charge in [-0.25, -0.2) is 4.84 Å². The van der Waals surface area contributed by atoms with Crippen LogP contribution in [-0.4, -0.2) is 6.15 Å². The molecular weight excluding hydrogens is 1100 g/mol. The smallest absolute Gasteiger partial charge is 0.232 e. The fraction of sp³-hybridized carbons (Fsp3) is 0.220. The Morgan fingerprint density at radius 2 is 0.597 bits per heavy atom. The number of hydrogen-bond donors (Lipinski definition) is 0. The van der Waals surface area contributed by atoms with Crippen LogP contribution in [0.5, 0.6) is 5.75 Å². The highest BCUT2D eigenvalue weighted by Crippen LogP contribution is 2.41. The van der Waals surface area contributed by atoms with E-state index in [2.05, 4.69) is 44.2 Å². The van der Waals surface area contributed by atoms with Crippen molar-refractivity contribution < 1.29 is 115 Å². The first-order valence-corrected chi connectivity index (χ1v) is 21.5. The molecule has 0 aliphatic rings. The van der Waals surface area contributed by atoms with Gasteiger partial charge >= 0.3 is 49.4 Å². The van der Waals surface area contributed by atoms with E-state index in [4.69, 9.17) is 4.84 Å². The number of halogens is 24. The van der Waals surface area contributed by atoms with Gasteiger partial charge in [0.1, 0.15) is 6.15 Å². The molecule has 0 bridgehead atoms. The van der Waals surface area contributed by atoms with Crippen molar-refractivity contribution in [1.82, 2.24) is 0 Å². The van der Waals surface area contributed by atoms with Crippen LogP contribution in [0.3, 0.4) is 0 Å². The number of nitrogens with zero attached hydrogens (tertiary/aromatic N) is 1. The van der Waals surface area contributed by atoms with E-state index in [1.165, 1.54) is 10.9 Å². The predicted molar refractivity (Wildman–Crippen MR) is 231 cm³/mol. The number of benzene rings is 6. The van der Waals surface area contributed by atoms with E-state index in [0.717, 1.165) is 11.1 Å². The van der Waals surface area contributed by atoms with E-state index in [1.807, 2.05) is 36.7 Å². The molecule has 1 heterocycles. The quantitative estimate of drug-likeness (QED) is 0.0881. The highest BCUT2D eigenvalue weighted by Gasteiger charge is 2.47. The third-order valence-corrected chi connectivity index (χ3v) is 11.9. The van der Waals surface area contributed by atoms with Gasteiger partial charge in [0.15, 0.2) is 0 Å². The number of hydrogen-bond acceptors (Lipinski definition) is 1. The summed E-state index contributed by atoms with van der Waals surface area (Å²) in [5.41, 5.74) is -28.9. The van der Waals surface area contributed by atoms with E-state index in [0.29, 0.717) is 5.92 Å². The minimum absolute atomic E-state index is 0.539. The number of alkyl halides is 24. The Hall–Kier alpha value is -7.09. The molecule has 0 aliphatic carbocycles. The molecule has 0 radical (unpaired) electrons. The summed E-state index contributed by atoms with van der Waals surface area (Å²) in [7, 11) is 0. The summed E-state index contributed by atoms with van der Waals surface area (Å²) in [6, 6.07) is 9.74. The van der Waals surface area contributed by atoms with Crippen LogP contribution in [0.1, 0.15) is 69.8 Å². The molecule has 0 aliphatic heterocycles. The molecule has 77 heavy (non-hydrogen) atoms. The van der Waals surface area contributed by atoms with Gasteiger partial charge in [-0.1, -0.05) is 92.7 Å². The van der Waals surface area contributed by atoms with Crippen LogP contribution < -0.4 is 31.4 Å². The van der Waals surface area contributed by atoms with Gasteiger partial charge in [-0.3, -0.25) is 0 Å². The summed E-state index contributed by atoms with van der Waals surface area (Å²) >= 11 is 0. The lowest BCUT2D eigenvalue weighted by Crippen LogP contribution is -2.75. The summed E-state index contributed by atoms with van der Waals surface area (Å²) in [6.45, 7) is 4.38. The summed E-state index contributed by atoms with van der Waals surface area (Å²) in [4.78, 5) is 5.84. The van der Waals surface area contributed by atoms with E-state index < -0.39 is 195 Å². The predicted octanol–water partition coefficient (Wildman–Crippen LogP) is 15.3. The standard InChI is InChI=1S/C32H12BF24.C18H18NO/c34-25(35,36)13-1-14(26(37,38)39)6-21(5-13)33(22-7-15(27(40,41)42)2-16(8-22)28(43,44)45,23-9-17(29(46,47)48)3-18(10-23)30(49,50)51)24-11-19(31(52,53)54)4-20(12-24)32(55,56)57;1-14(2)15-7-9-18(10-8-15)20-19-12-11-16-5-3-4-6-17(16)13-19/h1-12H;3-14H,1-2H3/q-1;+1. The van der Waals surface area contributed by atoms with Crippen molar-refractivity contribution in [2.75, 3.05) is 0 Å². The molecule has 0 saturated heterocycles. The molecule has 6 aromatic carbocycles. The maximum absolute atomic E-state index is 14.2. The summed E-state index contributed by atoms with van der Waals surface area (Å²) < 4.78 is 343. The third kappa shape index (κ3) is 13.5. The molecule has 0 unspecified atom stereocenters. The zero-order chi connectivity index (χ0) is 57.9. The Bertz CT molecular complexity index is 2810. The van der Waals surface area contributed by atoms with E-state index in [-0.39, 0.29) is 0 Å². The maximum atomic E-state index is 14.2. The van der Waals surface area contributed by atoms with Gasteiger partial charge in [0, 0.05) is 10.8 Å². The SMILES string of the molecule is CC(C)c1ccc(O[n+]2ccc3ccccc3c2)cc1.FC(F)(F)c1cc([B-](c2cc(C(F)(F)F)cc(C(F)(F)F)c2)(c2cc(C(F)(F)F)cc(C(F)(F)F)c2)c2cc(C(F)(F)F)cc(C(F)(F)F)c2)cc(C(F)(F)F)c1. The minimum Gasteiger partial charge on any atom is -0.232 e. The van der Waals surface area contributed by atoms with Gasteiger partial charge in [0.05, 0.1) is 49.9 Å². The second kappa shape index (κ2) is 20.4. The average molecular weight is 1130 g/mol. The van der Waals surface area contributed by atoms with E-state index in [1.54, 1.807) is 4.73 Å². The van der Waals surface area contributed by atoms with Crippen molar-refractivity contribution in [2.24, 2.45) is 0 Å². The zero-order valence-corrected chi connectivity index (χ0v) is 38.4. The minimum atomic E-state index is -6.13. The van der Waals surface area contributed by atoms with Gasteiger partial charge in [-0.05, 0) is 59.3 Å². The molecule has 7 aromatic rings. The Balaban J connectivity index is 0.000000397. The number of rotatable bonds is 7. The van der Waals surface area contributed by atoms with Crippen molar-refractivity contribution in [1.29, 1.82) is 0 Å². The van der Waals surface area contributed by atoms with Gasteiger partial charge < -0.3 is 0 Å². The normalized spacial score (nSPS) is 13.4. The second-order valence-electron chi connectivity index (χ2n) is 17.5. The van der Waals surface area contributed by atoms with Crippen molar-refractivity contribution >= 4 is 38.8 Å². The lowest BCUT2D eigenvalue weighted by atomic mass is 9.12. The fourth-order valence-electron chi connectivity index (χ4n) is 8.28. The molecule has 7 rings (SSSR count). The average Bonchev–Trinajstić information content (AvgIpc) is 3.29. The number of pyridine rings is 1. The Morgan fingerprint density at radius 1 is 0.338 bits per heavy atom. The number of aromatic nitrogens is 1. The van der Waals surface area contributed by atoms with Crippen molar-refractivity contribution in [2.45, 2.75) is 69.2 Å². The molecule has 0 fully saturated rings. The zero-order valence-electron chi connectivity index (χ0n) is 38.4. The first kappa shape index (κ1) is 59.2. The Labute approximate surface area is 418 Å². The summed E-state index contributed by atoms with van der Waals surface area (Å²) in [5.74, 6) is 1.38. The molecule has 0 saturated carbocycles. The first-order chi connectivity index (χ1) is 35.0. The third-order valence-electron chi connectivity index (χ3n) is 11.9. The first-order valence-electron chi connectivity index (χ1n) is 21.5. The van der Waals surface area contributed by atoms with E-state index >= 15 is 0 Å². The summed E-state index contributed by atoms with van der Waals surface area (Å²) in [5, 5.41) is 2.37. The topological polar surface area (TPSA) is 13.1 Å². The molecule has 27 heteroatoms.